The predicted molar refractivity (Wildman–Crippen MR) is 63.4 cm³/mol. The largest absolute Gasteiger partial charge is 0.484 e. The molecule has 0 aliphatic rings. The summed E-state index contributed by atoms with van der Waals surface area (Å²) in [5.41, 5.74) is 0.952. The molecule has 0 atom stereocenters. The molecule has 0 fully saturated rings. The van der Waals surface area contributed by atoms with Gasteiger partial charge in [0.2, 0.25) is 0 Å². The third-order valence-corrected chi connectivity index (χ3v) is 2.67. The van der Waals surface area contributed by atoms with Crippen molar-refractivity contribution < 1.29 is 9.13 Å². The van der Waals surface area contributed by atoms with Crippen LogP contribution in [0.4, 0.5) is 4.39 Å². The summed E-state index contributed by atoms with van der Waals surface area (Å²) in [5.74, 6) is 0.875. The first-order valence-corrected chi connectivity index (χ1v) is 5.60. The van der Waals surface area contributed by atoms with E-state index in [0.29, 0.717) is 6.61 Å². The van der Waals surface area contributed by atoms with E-state index in [1.54, 1.807) is 24.4 Å². The summed E-state index contributed by atoms with van der Waals surface area (Å²) in [6.45, 7) is 5.15. The summed E-state index contributed by atoms with van der Waals surface area (Å²) >= 11 is 0. The van der Waals surface area contributed by atoms with Crippen LogP contribution in [0.1, 0.15) is 18.4 Å². The Morgan fingerprint density at radius 1 is 1.35 bits per heavy atom. The predicted octanol–water partition coefficient (Wildman–Crippen LogP) is 2.93. The molecule has 0 saturated carbocycles. The van der Waals surface area contributed by atoms with Gasteiger partial charge in [0.15, 0.2) is 11.6 Å². The van der Waals surface area contributed by atoms with Crippen LogP contribution in [0.3, 0.4) is 0 Å². The Bertz CT molecular complexity index is 508. The van der Waals surface area contributed by atoms with E-state index in [9.17, 15) is 4.39 Å². The van der Waals surface area contributed by atoms with Crippen LogP contribution in [0.5, 0.6) is 5.75 Å². The van der Waals surface area contributed by atoms with Crippen LogP contribution in [-0.4, -0.2) is 9.55 Å². The average Bonchev–Trinajstić information content (AvgIpc) is 2.69. The van der Waals surface area contributed by atoms with E-state index in [-0.39, 0.29) is 11.6 Å². The lowest BCUT2D eigenvalue weighted by atomic mass is 10.3. The van der Waals surface area contributed by atoms with Gasteiger partial charge >= 0.3 is 0 Å². The first-order chi connectivity index (χ1) is 8.22. The van der Waals surface area contributed by atoms with Gasteiger partial charge in [0.05, 0.1) is 11.9 Å². The Kier molecular flexibility index (Phi) is 3.42. The minimum Gasteiger partial charge on any atom is -0.484 e. The lowest BCUT2D eigenvalue weighted by Gasteiger charge is -2.09. The van der Waals surface area contributed by atoms with Gasteiger partial charge in [0.1, 0.15) is 12.4 Å². The number of halogens is 1. The van der Waals surface area contributed by atoms with Gasteiger partial charge in [0, 0.05) is 6.54 Å². The number of nitrogens with zero attached hydrogens (tertiary/aromatic N) is 2. The first-order valence-electron chi connectivity index (χ1n) is 5.60. The third-order valence-electron chi connectivity index (χ3n) is 2.67. The Hall–Kier alpha value is -1.84. The zero-order valence-electron chi connectivity index (χ0n) is 9.98. The molecule has 2 aromatic rings. The van der Waals surface area contributed by atoms with Crippen LogP contribution in [0.25, 0.3) is 0 Å². The number of aryl methyl sites for hydroxylation is 1. The first kappa shape index (κ1) is 11.6. The highest BCUT2D eigenvalue weighted by atomic mass is 19.1. The summed E-state index contributed by atoms with van der Waals surface area (Å²) in [6.07, 6.45) is 1.76. The molecule has 1 heterocycles. The van der Waals surface area contributed by atoms with Crippen LogP contribution in [-0.2, 0) is 13.2 Å². The maximum Gasteiger partial charge on any atom is 0.165 e. The molecule has 1 aromatic carbocycles. The lowest BCUT2D eigenvalue weighted by molar-refractivity contribution is 0.280. The number of imidazole rings is 1. The molecule has 1 aromatic heterocycles. The third kappa shape index (κ3) is 2.46. The highest BCUT2D eigenvalue weighted by molar-refractivity contribution is 5.23. The molecule has 3 nitrogen and oxygen atoms in total. The second-order valence-electron chi connectivity index (χ2n) is 3.76. The Morgan fingerprint density at radius 3 is 2.82 bits per heavy atom. The van der Waals surface area contributed by atoms with Crippen molar-refractivity contribution in [3.8, 4) is 5.75 Å². The maximum atomic E-state index is 13.3. The highest BCUT2D eigenvalue weighted by Crippen LogP contribution is 2.17. The van der Waals surface area contributed by atoms with E-state index in [0.717, 1.165) is 18.1 Å². The van der Waals surface area contributed by atoms with Crippen molar-refractivity contribution in [2.75, 3.05) is 0 Å². The number of hydrogen-bond acceptors (Lipinski definition) is 2. The molecular weight excluding hydrogens is 219 g/mol. The van der Waals surface area contributed by atoms with Gasteiger partial charge in [-0.3, -0.25) is 0 Å². The van der Waals surface area contributed by atoms with Crippen molar-refractivity contribution >= 4 is 0 Å². The van der Waals surface area contributed by atoms with Gasteiger partial charge in [-0.15, -0.1) is 0 Å². The smallest absolute Gasteiger partial charge is 0.165 e. The van der Waals surface area contributed by atoms with E-state index in [1.165, 1.54) is 6.07 Å². The average molecular weight is 234 g/mol. The molecular formula is C13H15FN2O. The van der Waals surface area contributed by atoms with Crippen molar-refractivity contribution in [3.05, 3.63) is 47.8 Å². The molecule has 0 spiro atoms. The normalized spacial score (nSPS) is 10.5. The van der Waals surface area contributed by atoms with Crippen LogP contribution in [0, 0.1) is 12.7 Å². The van der Waals surface area contributed by atoms with Gasteiger partial charge in [-0.05, 0) is 26.0 Å². The minimum absolute atomic E-state index is 0.272. The molecule has 0 aliphatic heterocycles. The fourth-order valence-corrected chi connectivity index (χ4v) is 1.78. The molecule has 0 unspecified atom stereocenters. The standard InChI is InChI=1S/C13H15FN2O/c1-3-16-10(2)15-8-11(16)9-17-13-7-5-4-6-12(13)14/h4-8H,3,9H2,1-2H3. The number of hydrogen-bond donors (Lipinski definition) is 0. The summed E-state index contributed by atoms with van der Waals surface area (Å²) in [6, 6.07) is 6.40. The SMILES string of the molecule is CCn1c(COc2ccccc2F)cnc1C. The zero-order chi connectivity index (χ0) is 12.3. The van der Waals surface area contributed by atoms with E-state index in [1.807, 2.05) is 18.4 Å². The van der Waals surface area contributed by atoms with Crippen LogP contribution in [0.2, 0.25) is 0 Å². The van der Waals surface area contributed by atoms with E-state index >= 15 is 0 Å². The second kappa shape index (κ2) is 4.99. The molecule has 0 N–H and O–H groups in total. The summed E-state index contributed by atoms with van der Waals surface area (Å²) < 4.78 is 20.8. The van der Waals surface area contributed by atoms with Gasteiger partial charge in [0.25, 0.3) is 0 Å². The van der Waals surface area contributed by atoms with Crippen molar-refractivity contribution in [2.24, 2.45) is 0 Å². The summed E-state index contributed by atoms with van der Waals surface area (Å²) in [5, 5.41) is 0. The Morgan fingerprint density at radius 2 is 2.12 bits per heavy atom. The summed E-state index contributed by atoms with van der Waals surface area (Å²) in [7, 11) is 0. The molecule has 0 amide bonds. The number of aromatic nitrogens is 2. The molecule has 0 radical (unpaired) electrons. The van der Waals surface area contributed by atoms with Crippen molar-refractivity contribution in [2.45, 2.75) is 27.0 Å². The highest BCUT2D eigenvalue weighted by Gasteiger charge is 2.07. The van der Waals surface area contributed by atoms with Crippen molar-refractivity contribution in [1.29, 1.82) is 0 Å². The Balaban J connectivity index is 2.10. The van der Waals surface area contributed by atoms with Gasteiger partial charge in [-0.1, -0.05) is 12.1 Å². The molecule has 0 saturated heterocycles. The number of ether oxygens (including phenoxy) is 1. The van der Waals surface area contributed by atoms with Crippen LogP contribution >= 0.6 is 0 Å². The zero-order valence-corrected chi connectivity index (χ0v) is 9.98. The van der Waals surface area contributed by atoms with Crippen LogP contribution in [0.15, 0.2) is 30.5 Å². The lowest BCUT2D eigenvalue weighted by Crippen LogP contribution is -2.06. The Labute approximate surface area is 99.9 Å². The van der Waals surface area contributed by atoms with Crippen LogP contribution < -0.4 is 4.74 Å². The maximum absolute atomic E-state index is 13.3. The van der Waals surface area contributed by atoms with Gasteiger partial charge in [-0.2, -0.15) is 0 Å². The topological polar surface area (TPSA) is 27.1 Å². The van der Waals surface area contributed by atoms with Gasteiger partial charge < -0.3 is 9.30 Å². The van der Waals surface area contributed by atoms with E-state index in [2.05, 4.69) is 4.98 Å². The molecule has 17 heavy (non-hydrogen) atoms. The quantitative estimate of drug-likeness (QED) is 0.813. The molecule has 0 bridgehead atoms. The van der Waals surface area contributed by atoms with E-state index < -0.39 is 0 Å². The molecule has 4 heteroatoms. The summed E-state index contributed by atoms with van der Waals surface area (Å²) in [4.78, 5) is 4.21. The molecule has 2 rings (SSSR count). The number of benzene rings is 1. The minimum atomic E-state index is -0.341. The molecule has 90 valence electrons. The fraction of sp³-hybridized carbons (Fsp3) is 0.308. The monoisotopic (exact) mass is 234 g/mol. The molecule has 0 aliphatic carbocycles. The van der Waals surface area contributed by atoms with E-state index in [4.69, 9.17) is 4.74 Å². The van der Waals surface area contributed by atoms with Gasteiger partial charge in [-0.25, -0.2) is 9.37 Å². The van der Waals surface area contributed by atoms with Crippen molar-refractivity contribution in [1.82, 2.24) is 9.55 Å². The fourth-order valence-electron chi connectivity index (χ4n) is 1.78. The van der Waals surface area contributed by atoms with Crippen molar-refractivity contribution in [3.63, 3.8) is 0 Å². The second-order valence-corrected chi connectivity index (χ2v) is 3.76. The number of rotatable bonds is 4. The number of para-hydroxylation sites is 1.